The van der Waals surface area contributed by atoms with Crippen molar-refractivity contribution < 1.29 is 4.52 Å². The molecule has 2 aromatic heterocycles. The van der Waals surface area contributed by atoms with Gasteiger partial charge in [0.1, 0.15) is 17.8 Å². The topological polar surface area (TPSA) is 106 Å². The van der Waals surface area contributed by atoms with Crippen molar-refractivity contribution in [2.75, 3.05) is 48.8 Å². The molecule has 2 aliphatic heterocycles. The molecule has 1 atom stereocenters. The minimum absolute atomic E-state index is 0.00824. The Morgan fingerprint density at radius 1 is 1.12 bits per heavy atom. The van der Waals surface area contributed by atoms with Gasteiger partial charge in [0.2, 0.25) is 5.95 Å². The van der Waals surface area contributed by atoms with Gasteiger partial charge in [-0.05, 0) is 17.9 Å². The van der Waals surface area contributed by atoms with Crippen LogP contribution in [0.3, 0.4) is 0 Å². The summed E-state index contributed by atoms with van der Waals surface area (Å²) in [6.45, 7) is 12.8. The number of nitrogens with one attached hydrogen (secondary N) is 4. The number of hydrazine groups is 1. The molecular formula is C24H37N9O. The van der Waals surface area contributed by atoms with E-state index in [0.717, 1.165) is 49.3 Å². The summed E-state index contributed by atoms with van der Waals surface area (Å²) in [4.78, 5) is 11.8. The summed E-state index contributed by atoms with van der Waals surface area (Å²) >= 11 is 0. The van der Waals surface area contributed by atoms with Crippen molar-refractivity contribution in [3.63, 3.8) is 0 Å². The Bertz CT molecular complexity index is 976. The van der Waals surface area contributed by atoms with E-state index in [1.807, 2.05) is 19.2 Å². The van der Waals surface area contributed by atoms with E-state index < -0.39 is 0 Å². The van der Waals surface area contributed by atoms with Crippen LogP contribution in [0.25, 0.3) is 0 Å². The van der Waals surface area contributed by atoms with E-state index in [0.29, 0.717) is 24.3 Å². The van der Waals surface area contributed by atoms with Crippen LogP contribution in [0.2, 0.25) is 0 Å². The molecule has 0 saturated carbocycles. The van der Waals surface area contributed by atoms with Gasteiger partial charge in [0.15, 0.2) is 5.76 Å². The minimum Gasteiger partial charge on any atom is -0.359 e. The Labute approximate surface area is 202 Å². The molecule has 0 aliphatic carbocycles. The molecule has 1 fully saturated rings. The average molecular weight is 468 g/mol. The van der Waals surface area contributed by atoms with Gasteiger partial charge in [-0.2, -0.15) is 9.97 Å². The van der Waals surface area contributed by atoms with E-state index in [-0.39, 0.29) is 6.17 Å². The highest BCUT2D eigenvalue weighted by atomic mass is 16.5. The van der Waals surface area contributed by atoms with Gasteiger partial charge >= 0.3 is 0 Å². The molecule has 34 heavy (non-hydrogen) atoms. The molecule has 2 aromatic rings. The predicted octanol–water partition coefficient (Wildman–Crippen LogP) is 2.59. The number of allylic oxidation sites excluding steroid dienone is 1. The Hall–Kier alpha value is -3.29. The molecule has 0 bridgehead atoms. The normalized spacial score (nSPS) is 18.3. The first-order valence-electron chi connectivity index (χ1n) is 11.7. The smallest absolute Gasteiger partial charge is 0.226 e. The molecule has 184 valence electrons. The number of anilines is 3. The molecule has 10 heteroatoms. The third-order valence-corrected chi connectivity index (χ3v) is 5.72. The lowest BCUT2D eigenvalue weighted by Gasteiger charge is -2.29. The monoisotopic (exact) mass is 467 g/mol. The quantitative estimate of drug-likeness (QED) is 0.433. The average Bonchev–Trinajstić information content (AvgIpc) is 3.47. The van der Waals surface area contributed by atoms with E-state index in [9.17, 15) is 0 Å². The lowest BCUT2D eigenvalue weighted by molar-refractivity contribution is 0.258. The van der Waals surface area contributed by atoms with Crippen molar-refractivity contribution in [3.05, 3.63) is 35.4 Å². The largest absolute Gasteiger partial charge is 0.359 e. The molecular weight excluding hydrogens is 430 g/mol. The molecule has 0 spiro atoms. The highest BCUT2D eigenvalue weighted by Crippen LogP contribution is 2.23. The maximum atomic E-state index is 5.46. The second kappa shape index (κ2) is 11.7. The summed E-state index contributed by atoms with van der Waals surface area (Å²) in [5, 5.41) is 16.4. The third kappa shape index (κ3) is 6.40. The van der Waals surface area contributed by atoms with E-state index in [4.69, 9.17) is 14.5 Å². The number of piperazine rings is 1. The van der Waals surface area contributed by atoms with Crippen LogP contribution in [0.5, 0.6) is 0 Å². The summed E-state index contributed by atoms with van der Waals surface area (Å²) in [5.41, 5.74) is 5.56. The van der Waals surface area contributed by atoms with Crippen molar-refractivity contribution in [3.8, 4) is 12.8 Å². The van der Waals surface area contributed by atoms with Crippen molar-refractivity contribution >= 4 is 17.6 Å². The zero-order chi connectivity index (χ0) is 24.7. The minimum atomic E-state index is 0.00824. The molecule has 0 radical (unpaired) electrons. The van der Waals surface area contributed by atoms with Gasteiger partial charge in [-0.25, -0.2) is 5.01 Å². The van der Waals surface area contributed by atoms with Crippen molar-refractivity contribution in [1.29, 1.82) is 0 Å². The Balaban J connectivity index is 0.00000158. The van der Waals surface area contributed by atoms with Crippen molar-refractivity contribution in [1.82, 2.24) is 30.9 Å². The Morgan fingerprint density at radius 2 is 1.85 bits per heavy atom. The van der Waals surface area contributed by atoms with Gasteiger partial charge in [-0.1, -0.05) is 32.9 Å². The van der Waals surface area contributed by atoms with Crippen LogP contribution in [0, 0.1) is 18.8 Å². The van der Waals surface area contributed by atoms with E-state index >= 15 is 0 Å². The molecule has 1 unspecified atom stereocenters. The summed E-state index contributed by atoms with van der Waals surface area (Å²) in [5.74, 6) is 3.78. The first-order chi connectivity index (χ1) is 16.4. The molecule has 10 nitrogen and oxygen atoms in total. The zero-order valence-corrected chi connectivity index (χ0v) is 20.8. The number of rotatable bonds is 8. The summed E-state index contributed by atoms with van der Waals surface area (Å²) in [7, 11) is 2.03. The molecule has 4 rings (SSSR count). The van der Waals surface area contributed by atoms with Crippen LogP contribution in [-0.4, -0.2) is 59.5 Å². The summed E-state index contributed by atoms with van der Waals surface area (Å²) in [6.07, 6.45) is 10.2. The van der Waals surface area contributed by atoms with Crippen molar-refractivity contribution in [2.45, 2.75) is 46.3 Å². The van der Waals surface area contributed by atoms with Gasteiger partial charge in [0, 0.05) is 51.1 Å². The van der Waals surface area contributed by atoms with Crippen LogP contribution in [0.1, 0.15) is 45.1 Å². The maximum absolute atomic E-state index is 5.46. The SMILES string of the molecule is C#C.CC(C)C1=CC(Nc2cc(N3CCNCC3)nc(NCc3cc(C(C)C)no3)n2)N(C)N1. The number of terminal acetylenes is 1. The Morgan fingerprint density at radius 3 is 2.47 bits per heavy atom. The predicted molar refractivity (Wildman–Crippen MR) is 136 cm³/mol. The van der Waals surface area contributed by atoms with Gasteiger partial charge in [0.25, 0.3) is 0 Å². The number of hydrogen-bond donors (Lipinski definition) is 4. The molecule has 2 aliphatic rings. The van der Waals surface area contributed by atoms with Gasteiger partial charge in [-0.3, -0.25) is 0 Å². The van der Waals surface area contributed by atoms with Crippen LogP contribution in [0.15, 0.2) is 28.4 Å². The van der Waals surface area contributed by atoms with Crippen molar-refractivity contribution in [2.24, 2.45) is 5.92 Å². The first-order valence-corrected chi connectivity index (χ1v) is 11.7. The highest BCUT2D eigenvalue weighted by Gasteiger charge is 2.24. The van der Waals surface area contributed by atoms with Gasteiger partial charge in [0.05, 0.1) is 12.2 Å². The van der Waals surface area contributed by atoms with E-state index in [1.54, 1.807) is 0 Å². The van der Waals surface area contributed by atoms with Crippen LogP contribution < -0.4 is 26.3 Å². The maximum Gasteiger partial charge on any atom is 0.226 e. The standard InChI is InChI=1S/C22H35N9O.C2H2/c1-14(2)17-11-20(30(5)28-17)25-19-12-21(31-8-6-23-7-9-31)27-22(26-19)24-13-16-10-18(15(3)4)29-32-16;1-2/h10-12,14-15,20,23,28H,6-9,13H2,1-5H3,(H2,24,25,26,27);1-2H. The van der Waals surface area contributed by atoms with Gasteiger partial charge in [-0.15, -0.1) is 12.8 Å². The van der Waals surface area contributed by atoms with Gasteiger partial charge < -0.3 is 30.8 Å². The summed E-state index contributed by atoms with van der Waals surface area (Å²) < 4.78 is 5.46. The summed E-state index contributed by atoms with van der Waals surface area (Å²) in [6, 6.07) is 4.01. The van der Waals surface area contributed by atoms with E-state index in [2.05, 4.69) is 83.1 Å². The molecule has 4 N–H and O–H groups in total. The fourth-order valence-electron chi connectivity index (χ4n) is 3.70. The lowest BCUT2D eigenvalue weighted by atomic mass is 10.1. The second-order valence-corrected chi connectivity index (χ2v) is 8.99. The fourth-order valence-corrected chi connectivity index (χ4v) is 3.70. The Kier molecular flexibility index (Phi) is 8.73. The van der Waals surface area contributed by atoms with Crippen LogP contribution in [-0.2, 0) is 6.54 Å². The fraction of sp³-hybridized carbons (Fsp3) is 0.542. The number of nitrogens with zero attached hydrogens (tertiary/aromatic N) is 5. The third-order valence-electron chi connectivity index (χ3n) is 5.72. The zero-order valence-electron chi connectivity index (χ0n) is 20.8. The molecule has 1 saturated heterocycles. The number of aromatic nitrogens is 3. The molecule has 0 amide bonds. The lowest BCUT2D eigenvalue weighted by Crippen LogP contribution is -2.44. The number of hydrogen-bond acceptors (Lipinski definition) is 10. The highest BCUT2D eigenvalue weighted by molar-refractivity contribution is 5.55. The first kappa shape index (κ1) is 25.3. The van der Waals surface area contributed by atoms with E-state index in [1.165, 1.54) is 5.70 Å². The molecule has 0 aromatic carbocycles. The van der Waals surface area contributed by atoms with Crippen LogP contribution >= 0.6 is 0 Å². The van der Waals surface area contributed by atoms with Crippen LogP contribution in [0.4, 0.5) is 17.6 Å². The second-order valence-electron chi connectivity index (χ2n) is 8.99. The number of likely N-dealkylation sites (N-methyl/N-ethyl adjacent to an activating group) is 1. The molecule has 4 heterocycles.